The third kappa shape index (κ3) is 6.29. The van der Waals surface area contributed by atoms with Crippen LogP contribution in [0.4, 0.5) is 0 Å². The maximum absolute atomic E-state index is 12.8. The van der Waals surface area contributed by atoms with Crippen molar-refractivity contribution >= 4 is 29.7 Å². The van der Waals surface area contributed by atoms with E-state index in [1.165, 1.54) is 16.7 Å². The Hall–Kier alpha value is -2.89. The van der Waals surface area contributed by atoms with E-state index >= 15 is 0 Å². The fourth-order valence-corrected chi connectivity index (χ4v) is 4.07. The molecule has 0 aromatic rings. The second kappa shape index (κ2) is 10.9. The summed E-state index contributed by atoms with van der Waals surface area (Å²) in [5.41, 5.74) is 16.5. The van der Waals surface area contributed by atoms with Gasteiger partial charge in [-0.1, -0.05) is 0 Å². The molecule has 0 bridgehead atoms. The number of hydrogen-bond acceptors (Lipinski definition) is 6. The minimum Gasteiger partial charge on any atom is -0.480 e. The van der Waals surface area contributed by atoms with Crippen LogP contribution in [0.15, 0.2) is 4.99 Å². The molecule has 3 amide bonds. The highest BCUT2D eigenvalue weighted by Gasteiger charge is 2.39. The first kappa shape index (κ1) is 24.4. The summed E-state index contributed by atoms with van der Waals surface area (Å²) in [5, 5.41) is 11.9. The number of aliphatic carboxylic acids is 1. The Morgan fingerprint density at radius 1 is 1.06 bits per heavy atom. The van der Waals surface area contributed by atoms with Gasteiger partial charge in [-0.2, -0.15) is 0 Å². The first-order chi connectivity index (χ1) is 14.6. The van der Waals surface area contributed by atoms with Crippen LogP contribution in [0, 0.1) is 0 Å². The molecule has 174 valence electrons. The Balaban J connectivity index is 1.91. The number of amides is 3. The standard InChI is InChI=1S/C19H33N7O5/c1-11(16(28)26-10-4-7-14(26)18(30)31)24-15(27)13-6-3-9-25(13)17(29)12(20)5-2-8-23-19(21)22/h11-14H,2-10,20H2,1H3,(H,24,27)(H,30,31)(H4,21,22,23). The molecule has 2 fully saturated rings. The van der Waals surface area contributed by atoms with Gasteiger partial charge in [0.15, 0.2) is 5.96 Å². The second-order valence-corrected chi connectivity index (χ2v) is 8.00. The van der Waals surface area contributed by atoms with E-state index in [-0.39, 0.29) is 11.9 Å². The molecule has 4 unspecified atom stereocenters. The number of carboxylic acid groups (broad SMARTS) is 1. The van der Waals surface area contributed by atoms with Crippen LogP contribution in [0.3, 0.4) is 0 Å². The van der Waals surface area contributed by atoms with Gasteiger partial charge >= 0.3 is 5.97 Å². The summed E-state index contributed by atoms with van der Waals surface area (Å²) >= 11 is 0. The number of nitrogens with one attached hydrogen (secondary N) is 1. The predicted molar refractivity (Wildman–Crippen MR) is 113 cm³/mol. The van der Waals surface area contributed by atoms with Crippen LogP contribution >= 0.6 is 0 Å². The van der Waals surface area contributed by atoms with Crippen LogP contribution < -0.4 is 22.5 Å². The van der Waals surface area contributed by atoms with Gasteiger partial charge in [0.05, 0.1) is 6.04 Å². The highest BCUT2D eigenvalue weighted by Crippen LogP contribution is 2.21. The molecule has 31 heavy (non-hydrogen) atoms. The molecule has 4 atom stereocenters. The molecule has 2 heterocycles. The number of carbonyl (C=O) groups excluding carboxylic acids is 3. The summed E-state index contributed by atoms with van der Waals surface area (Å²) in [6.07, 6.45) is 3.03. The van der Waals surface area contributed by atoms with Crippen LogP contribution in [-0.4, -0.2) is 88.4 Å². The van der Waals surface area contributed by atoms with Gasteiger partial charge in [-0.3, -0.25) is 19.4 Å². The van der Waals surface area contributed by atoms with Gasteiger partial charge in [0, 0.05) is 19.6 Å². The number of hydrogen-bond donors (Lipinski definition) is 5. The molecule has 2 aliphatic rings. The normalized spacial score (nSPS) is 22.6. The number of guanidine groups is 1. The fourth-order valence-electron chi connectivity index (χ4n) is 4.07. The van der Waals surface area contributed by atoms with E-state index in [4.69, 9.17) is 17.2 Å². The van der Waals surface area contributed by atoms with Crippen LogP contribution in [0.1, 0.15) is 45.4 Å². The molecule has 8 N–H and O–H groups in total. The van der Waals surface area contributed by atoms with Gasteiger partial charge < -0.3 is 37.4 Å². The van der Waals surface area contributed by atoms with Gasteiger partial charge in [0.2, 0.25) is 17.7 Å². The lowest BCUT2D eigenvalue weighted by Crippen LogP contribution is -2.55. The van der Waals surface area contributed by atoms with Crippen molar-refractivity contribution in [2.45, 2.75) is 69.6 Å². The summed E-state index contributed by atoms with van der Waals surface area (Å²) in [5.74, 6) is -2.28. The zero-order chi connectivity index (χ0) is 23.1. The van der Waals surface area contributed by atoms with Gasteiger partial charge in [-0.15, -0.1) is 0 Å². The number of carboxylic acids is 1. The van der Waals surface area contributed by atoms with Gasteiger partial charge in [0.1, 0.15) is 18.1 Å². The van der Waals surface area contributed by atoms with Crippen molar-refractivity contribution in [1.29, 1.82) is 0 Å². The smallest absolute Gasteiger partial charge is 0.326 e. The minimum absolute atomic E-state index is 0.0246. The van der Waals surface area contributed by atoms with Crippen molar-refractivity contribution < 1.29 is 24.3 Å². The molecule has 12 nitrogen and oxygen atoms in total. The highest BCUT2D eigenvalue weighted by molar-refractivity contribution is 5.94. The number of carbonyl (C=O) groups is 4. The quantitative estimate of drug-likeness (QED) is 0.153. The number of nitrogens with zero attached hydrogens (tertiary/aromatic N) is 3. The summed E-state index contributed by atoms with van der Waals surface area (Å²) in [6.45, 7) is 2.64. The largest absolute Gasteiger partial charge is 0.480 e. The fraction of sp³-hybridized carbons (Fsp3) is 0.737. The number of aliphatic imine (C=N–C) groups is 1. The van der Waals surface area contributed by atoms with Gasteiger partial charge in [0.25, 0.3) is 0 Å². The number of nitrogens with two attached hydrogens (primary N) is 3. The Morgan fingerprint density at radius 3 is 2.23 bits per heavy atom. The van der Waals surface area contributed by atoms with Crippen molar-refractivity contribution in [2.75, 3.05) is 19.6 Å². The Labute approximate surface area is 181 Å². The molecule has 2 rings (SSSR count). The van der Waals surface area contributed by atoms with Crippen molar-refractivity contribution in [1.82, 2.24) is 15.1 Å². The third-order valence-corrected chi connectivity index (χ3v) is 5.67. The van der Waals surface area contributed by atoms with Crippen LogP contribution in [-0.2, 0) is 19.2 Å². The summed E-state index contributed by atoms with van der Waals surface area (Å²) in [7, 11) is 0. The minimum atomic E-state index is -1.05. The average Bonchev–Trinajstić information content (AvgIpc) is 3.39. The lowest BCUT2D eigenvalue weighted by atomic mass is 10.1. The van der Waals surface area contributed by atoms with E-state index in [9.17, 15) is 24.3 Å². The molecule has 0 spiro atoms. The average molecular weight is 440 g/mol. The molecular formula is C19H33N7O5. The second-order valence-electron chi connectivity index (χ2n) is 8.00. The first-order valence-electron chi connectivity index (χ1n) is 10.6. The lowest BCUT2D eigenvalue weighted by Gasteiger charge is -2.29. The zero-order valence-electron chi connectivity index (χ0n) is 17.8. The Morgan fingerprint density at radius 2 is 1.65 bits per heavy atom. The predicted octanol–water partition coefficient (Wildman–Crippen LogP) is -2.06. The molecule has 0 aliphatic carbocycles. The van der Waals surface area contributed by atoms with E-state index in [0.29, 0.717) is 58.2 Å². The van der Waals surface area contributed by atoms with Gasteiger partial charge in [-0.25, -0.2) is 4.79 Å². The summed E-state index contributed by atoms with van der Waals surface area (Å²) in [4.78, 5) is 56.1. The van der Waals surface area contributed by atoms with Crippen molar-refractivity contribution in [3.63, 3.8) is 0 Å². The molecule has 0 aromatic carbocycles. The topological polar surface area (TPSA) is 197 Å². The molecule has 0 aromatic heterocycles. The van der Waals surface area contributed by atoms with Crippen molar-refractivity contribution in [2.24, 2.45) is 22.2 Å². The van der Waals surface area contributed by atoms with E-state index in [1.54, 1.807) is 0 Å². The van der Waals surface area contributed by atoms with Crippen LogP contribution in [0.25, 0.3) is 0 Å². The lowest BCUT2D eigenvalue weighted by molar-refractivity contribution is -0.149. The monoisotopic (exact) mass is 439 g/mol. The molecule has 0 saturated carbocycles. The van der Waals surface area contributed by atoms with Crippen molar-refractivity contribution in [3.05, 3.63) is 0 Å². The number of rotatable bonds is 9. The summed E-state index contributed by atoms with van der Waals surface area (Å²) in [6, 6.07) is -3.24. The zero-order valence-corrected chi connectivity index (χ0v) is 17.8. The van der Waals surface area contributed by atoms with Crippen LogP contribution in [0.5, 0.6) is 0 Å². The summed E-state index contributed by atoms with van der Waals surface area (Å²) < 4.78 is 0. The molecule has 0 radical (unpaired) electrons. The maximum atomic E-state index is 12.8. The van der Waals surface area contributed by atoms with Crippen LogP contribution in [0.2, 0.25) is 0 Å². The Bertz CT molecular complexity index is 724. The molecule has 2 saturated heterocycles. The van der Waals surface area contributed by atoms with Gasteiger partial charge in [-0.05, 0) is 45.4 Å². The van der Waals surface area contributed by atoms with Crippen molar-refractivity contribution in [3.8, 4) is 0 Å². The SMILES string of the molecule is CC(NC(=O)C1CCCN1C(=O)C(N)CCCN=C(N)N)C(=O)N1CCCC1C(=O)O. The maximum Gasteiger partial charge on any atom is 0.326 e. The molecular weight excluding hydrogens is 406 g/mol. The van der Waals surface area contributed by atoms with E-state index in [1.807, 2.05) is 0 Å². The molecule has 12 heteroatoms. The highest BCUT2D eigenvalue weighted by atomic mass is 16.4. The van der Waals surface area contributed by atoms with E-state index < -0.39 is 42.0 Å². The number of likely N-dealkylation sites (tertiary alicyclic amines) is 2. The Kier molecular flexibility index (Phi) is 8.60. The third-order valence-electron chi connectivity index (χ3n) is 5.67. The first-order valence-corrected chi connectivity index (χ1v) is 10.6. The van der Waals surface area contributed by atoms with E-state index in [0.717, 1.165) is 0 Å². The molecule has 2 aliphatic heterocycles. The van der Waals surface area contributed by atoms with E-state index in [2.05, 4.69) is 10.3 Å².